The average Bonchev–Trinajstić information content (AvgIpc) is 2.89. The van der Waals surface area contributed by atoms with Crippen molar-refractivity contribution in [3.8, 4) is 5.75 Å². The Kier molecular flexibility index (Phi) is 4.01. The number of hydrogen-bond donors (Lipinski definition) is 1. The van der Waals surface area contributed by atoms with Crippen LogP contribution in [0.5, 0.6) is 5.75 Å². The summed E-state index contributed by atoms with van der Waals surface area (Å²) in [6.45, 7) is 5.38. The van der Waals surface area contributed by atoms with Crippen molar-refractivity contribution in [2.24, 2.45) is 0 Å². The Morgan fingerprint density at radius 1 is 1.24 bits per heavy atom. The van der Waals surface area contributed by atoms with Crippen molar-refractivity contribution in [3.63, 3.8) is 0 Å². The molecule has 0 saturated carbocycles. The fraction of sp³-hybridized carbons (Fsp3) is 0.250. The highest BCUT2D eigenvalue weighted by atomic mass is 32.1. The first kappa shape index (κ1) is 13.8. The average molecular weight is 299 g/mol. The molecule has 3 aromatic rings. The number of ether oxygens (including phenoxy) is 1. The van der Waals surface area contributed by atoms with E-state index >= 15 is 0 Å². The monoisotopic (exact) mass is 299 g/mol. The molecule has 4 nitrogen and oxygen atoms in total. The normalized spacial score (nSPS) is 10.8. The van der Waals surface area contributed by atoms with Crippen LogP contribution >= 0.6 is 11.3 Å². The predicted octanol–water partition coefficient (Wildman–Crippen LogP) is 4.01. The molecule has 0 aliphatic rings. The molecule has 0 aliphatic carbocycles. The van der Waals surface area contributed by atoms with E-state index in [9.17, 15) is 0 Å². The number of nitrogens with zero attached hydrogens (tertiary/aromatic N) is 2. The topological polar surface area (TPSA) is 47.0 Å². The van der Waals surface area contributed by atoms with Crippen molar-refractivity contribution < 1.29 is 4.74 Å². The van der Waals surface area contributed by atoms with Crippen molar-refractivity contribution in [1.82, 2.24) is 9.97 Å². The highest BCUT2D eigenvalue weighted by Gasteiger charge is 2.05. The molecule has 108 valence electrons. The quantitative estimate of drug-likeness (QED) is 0.773. The maximum absolute atomic E-state index is 5.51. The molecule has 0 unspecified atom stereocenters. The summed E-state index contributed by atoms with van der Waals surface area (Å²) >= 11 is 1.64. The number of nitrogens with one attached hydrogen (secondary N) is 1. The number of anilines is 1. The van der Waals surface area contributed by atoms with Crippen molar-refractivity contribution in [2.75, 3.05) is 11.9 Å². The van der Waals surface area contributed by atoms with Gasteiger partial charge in [-0.1, -0.05) is 17.4 Å². The lowest BCUT2D eigenvalue weighted by atomic mass is 10.2. The Morgan fingerprint density at radius 2 is 2.14 bits per heavy atom. The lowest BCUT2D eigenvalue weighted by Crippen LogP contribution is -1.99. The zero-order valence-corrected chi connectivity index (χ0v) is 12.9. The zero-order valence-electron chi connectivity index (χ0n) is 12.1. The highest BCUT2D eigenvalue weighted by Crippen LogP contribution is 2.29. The van der Waals surface area contributed by atoms with E-state index in [1.165, 1.54) is 0 Å². The third kappa shape index (κ3) is 3.31. The Labute approximate surface area is 127 Å². The molecule has 2 heterocycles. The van der Waals surface area contributed by atoms with Crippen LogP contribution in [0.3, 0.4) is 0 Å². The molecule has 0 aliphatic heterocycles. The molecule has 21 heavy (non-hydrogen) atoms. The summed E-state index contributed by atoms with van der Waals surface area (Å²) in [5.41, 5.74) is 3.17. The number of pyridine rings is 1. The Bertz CT molecular complexity index is 737. The van der Waals surface area contributed by atoms with Crippen LogP contribution in [-0.4, -0.2) is 16.6 Å². The second kappa shape index (κ2) is 6.10. The Balaban J connectivity index is 1.73. The molecule has 0 bridgehead atoms. The van der Waals surface area contributed by atoms with Gasteiger partial charge in [0.15, 0.2) is 5.13 Å². The van der Waals surface area contributed by atoms with Gasteiger partial charge in [0, 0.05) is 18.4 Å². The van der Waals surface area contributed by atoms with E-state index < -0.39 is 0 Å². The maximum Gasteiger partial charge on any atom is 0.184 e. The van der Waals surface area contributed by atoms with Gasteiger partial charge >= 0.3 is 0 Å². The minimum Gasteiger partial charge on any atom is -0.494 e. The van der Waals surface area contributed by atoms with Gasteiger partial charge in [-0.3, -0.25) is 4.98 Å². The maximum atomic E-state index is 5.51. The smallest absolute Gasteiger partial charge is 0.184 e. The SMILES string of the molecule is CCOc1ccc2nc(NCc3ccc(C)nc3)sc2c1. The summed E-state index contributed by atoms with van der Waals surface area (Å²) in [7, 11) is 0. The second-order valence-corrected chi connectivity index (χ2v) is 5.77. The second-order valence-electron chi connectivity index (χ2n) is 4.74. The molecule has 2 aromatic heterocycles. The summed E-state index contributed by atoms with van der Waals surface area (Å²) in [4.78, 5) is 8.87. The summed E-state index contributed by atoms with van der Waals surface area (Å²) < 4.78 is 6.64. The third-order valence-electron chi connectivity index (χ3n) is 3.09. The van der Waals surface area contributed by atoms with Crippen LogP contribution in [-0.2, 0) is 6.54 Å². The van der Waals surface area contributed by atoms with E-state index in [1.54, 1.807) is 11.3 Å². The fourth-order valence-corrected chi connectivity index (χ4v) is 2.91. The first-order valence-electron chi connectivity index (χ1n) is 6.93. The van der Waals surface area contributed by atoms with Crippen LogP contribution in [0.25, 0.3) is 10.2 Å². The minimum atomic E-state index is 0.676. The summed E-state index contributed by atoms with van der Waals surface area (Å²) in [5.74, 6) is 0.892. The van der Waals surface area contributed by atoms with E-state index in [0.29, 0.717) is 6.61 Å². The van der Waals surface area contributed by atoms with Crippen LogP contribution in [0, 0.1) is 6.92 Å². The van der Waals surface area contributed by atoms with Gasteiger partial charge in [0.1, 0.15) is 5.75 Å². The molecule has 3 rings (SSSR count). The molecule has 0 spiro atoms. The molecular formula is C16H17N3OS. The van der Waals surface area contributed by atoms with E-state index in [1.807, 2.05) is 44.3 Å². The van der Waals surface area contributed by atoms with Gasteiger partial charge in [0.2, 0.25) is 0 Å². The van der Waals surface area contributed by atoms with E-state index in [2.05, 4.69) is 21.4 Å². The molecular weight excluding hydrogens is 282 g/mol. The summed E-state index contributed by atoms with van der Waals surface area (Å²) in [6.07, 6.45) is 1.89. The molecule has 1 N–H and O–H groups in total. The van der Waals surface area contributed by atoms with Crippen LogP contribution in [0.15, 0.2) is 36.5 Å². The number of aromatic nitrogens is 2. The molecule has 0 saturated heterocycles. The van der Waals surface area contributed by atoms with Crippen LogP contribution < -0.4 is 10.1 Å². The fourth-order valence-electron chi connectivity index (χ4n) is 2.02. The van der Waals surface area contributed by atoms with E-state index in [0.717, 1.165) is 38.9 Å². The van der Waals surface area contributed by atoms with Gasteiger partial charge in [-0.2, -0.15) is 0 Å². The van der Waals surface area contributed by atoms with Crippen LogP contribution in [0.4, 0.5) is 5.13 Å². The highest BCUT2D eigenvalue weighted by molar-refractivity contribution is 7.22. The largest absolute Gasteiger partial charge is 0.494 e. The molecule has 1 aromatic carbocycles. The third-order valence-corrected chi connectivity index (χ3v) is 4.06. The predicted molar refractivity (Wildman–Crippen MR) is 87.1 cm³/mol. The van der Waals surface area contributed by atoms with Gasteiger partial charge in [0.25, 0.3) is 0 Å². The zero-order chi connectivity index (χ0) is 14.7. The number of fused-ring (bicyclic) bond motifs is 1. The molecule has 0 fully saturated rings. The first-order chi connectivity index (χ1) is 10.2. The number of benzene rings is 1. The summed E-state index contributed by atoms with van der Waals surface area (Å²) in [5, 5.41) is 4.26. The van der Waals surface area contributed by atoms with Crippen LogP contribution in [0.1, 0.15) is 18.2 Å². The van der Waals surface area contributed by atoms with Crippen molar-refractivity contribution in [2.45, 2.75) is 20.4 Å². The molecule has 0 atom stereocenters. The molecule has 0 radical (unpaired) electrons. The Hall–Kier alpha value is -2.14. The first-order valence-corrected chi connectivity index (χ1v) is 7.75. The van der Waals surface area contributed by atoms with E-state index in [4.69, 9.17) is 4.74 Å². The van der Waals surface area contributed by atoms with Gasteiger partial charge in [-0.15, -0.1) is 0 Å². The van der Waals surface area contributed by atoms with Crippen molar-refractivity contribution in [1.29, 1.82) is 0 Å². The van der Waals surface area contributed by atoms with Gasteiger partial charge < -0.3 is 10.1 Å². The lowest BCUT2D eigenvalue weighted by molar-refractivity contribution is 0.341. The van der Waals surface area contributed by atoms with Crippen molar-refractivity contribution in [3.05, 3.63) is 47.8 Å². The van der Waals surface area contributed by atoms with Gasteiger partial charge in [-0.25, -0.2) is 4.98 Å². The minimum absolute atomic E-state index is 0.676. The van der Waals surface area contributed by atoms with Crippen molar-refractivity contribution >= 4 is 26.7 Å². The van der Waals surface area contributed by atoms with Gasteiger partial charge in [0.05, 0.1) is 16.8 Å². The van der Waals surface area contributed by atoms with Gasteiger partial charge in [-0.05, 0) is 43.7 Å². The molecule has 0 amide bonds. The number of hydrogen-bond acceptors (Lipinski definition) is 5. The standard InChI is InChI=1S/C16H17N3OS/c1-3-20-13-6-7-14-15(8-13)21-16(19-14)18-10-12-5-4-11(2)17-9-12/h4-9H,3,10H2,1-2H3,(H,18,19). The Morgan fingerprint density at radius 3 is 2.90 bits per heavy atom. The van der Waals surface area contributed by atoms with E-state index in [-0.39, 0.29) is 0 Å². The van der Waals surface area contributed by atoms with Crippen LogP contribution in [0.2, 0.25) is 0 Å². The number of rotatable bonds is 5. The molecule has 5 heteroatoms. The summed E-state index contributed by atoms with van der Waals surface area (Å²) in [6, 6.07) is 10.1. The lowest BCUT2D eigenvalue weighted by Gasteiger charge is -2.02. The number of aryl methyl sites for hydroxylation is 1. The number of thiazole rings is 1.